The molecule has 1 N–H and O–H groups in total. The van der Waals surface area contributed by atoms with Gasteiger partial charge in [-0.3, -0.25) is 4.79 Å². The molecule has 9 heteroatoms. The monoisotopic (exact) mass is 539 g/mol. The number of amides is 1. The van der Waals surface area contributed by atoms with E-state index in [0.29, 0.717) is 6.54 Å². The van der Waals surface area contributed by atoms with E-state index in [1.54, 1.807) is 17.0 Å². The van der Waals surface area contributed by atoms with Crippen LogP contribution in [0, 0.1) is 12.7 Å². The Bertz CT molecular complexity index is 1350. The van der Waals surface area contributed by atoms with Crippen LogP contribution < -0.4 is 0 Å². The van der Waals surface area contributed by atoms with Crippen molar-refractivity contribution in [2.24, 2.45) is 0 Å². The molecule has 0 unspecified atom stereocenters. The van der Waals surface area contributed by atoms with Gasteiger partial charge in [-0.25, -0.2) is 14.2 Å². The Morgan fingerprint density at radius 1 is 1.21 bits per heavy atom. The van der Waals surface area contributed by atoms with E-state index >= 15 is 0 Å². The molecule has 38 heavy (non-hydrogen) atoms. The van der Waals surface area contributed by atoms with Crippen LogP contribution in [0.3, 0.4) is 0 Å². The van der Waals surface area contributed by atoms with Gasteiger partial charge in [0.1, 0.15) is 5.82 Å². The summed E-state index contributed by atoms with van der Waals surface area (Å²) in [6.45, 7) is 13.2. The standard InChI is InChI=1S/C29H38FN3O4Si/c1-19-23(20-9-7-10-21(30)15-20)12-13-24-27(19)31-18-32(24)17-22(34)16-25-26(11-8-14-33(25)28(35)36)37-38(5,6)29(2,3)4/h7,9-10,12-13,15,18,25-26H,8,11,14,16-17H2,1-6H3,(H,35,36)/t25-,26+/m1/s1. The van der Waals surface area contributed by atoms with Gasteiger partial charge in [-0.05, 0) is 72.8 Å². The second kappa shape index (κ2) is 10.6. The lowest BCUT2D eigenvalue weighted by Gasteiger charge is -2.45. The third-order valence-electron chi connectivity index (χ3n) is 8.18. The number of benzene rings is 2. The van der Waals surface area contributed by atoms with Crippen LogP contribution >= 0.6 is 0 Å². The van der Waals surface area contributed by atoms with Crippen molar-refractivity contribution in [3.8, 4) is 11.1 Å². The molecule has 2 aromatic carbocycles. The molecule has 1 saturated heterocycles. The third-order valence-corrected chi connectivity index (χ3v) is 12.7. The van der Waals surface area contributed by atoms with Crippen LogP contribution in [-0.2, 0) is 15.8 Å². The molecule has 0 aliphatic carbocycles. The second-order valence-electron chi connectivity index (χ2n) is 11.8. The van der Waals surface area contributed by atoms with Crippen LogP contribution in [0.1, 0.15) is 45.6 Å². The average molecular weight is 540 g/mol. The number of carbonyl (C=O) groups excluding carboxylic acids is 1. The van der Waals surface area contributed by atoms with E-state index in [4.69, 9.17) is 4.43 Å². The Morgan fingerprint density at radius 2 is 1.95 bits per heavy atom. The van der Waals surface area contributed by atoms with E-state index in [-0.39, 0.29) is 35.7 Å². The van der Waals surface area contributed by atoms with Crippen molar-refractivity contribution < 1.29 is 23.5 Å². The van der Waals surface area contributed by atoms with Crippen molar-refractivity contribution in [1.29, 1.82) is 0 Å². The van der Waals surface area contributed by atoms with E-state index in [0.717, 1.165) is 40.6 Å². The number of hydrogen-bond acceptors (Lipinski definition) is 4. The molecule has 0 saturated carbocycles. The number of Topliss-reactive ketones (excluding diaryl/α,β-unsaturated/α-hetero) is 1. The fourth-order valence-electron chi connectivity index (χ4n) is 5.05. The molecule has 2 atom stereocenters. The summed E-state index contributed by atoms with van der Waals surface area (Å²) in [5.74, 6) is -0.370. The molecule has 1 fully saturated rings. The Labute approximate surface area is 224 Å². The van der Waals surface area contributed by atoms with E-state index in [2.05, 4.69) is 38.8 Å². The van der Waals surface area contributed by atoms with Crippen LogP contribution in [0.4, 0.5) is 9.18 Å². The minimum atomic E-state index is -2.16. The molecule has 2 heterocycles. The van der Waals surface area contributed by atoms with E-state index in [1.165, 1.54) is 17.0 Å². The van der Waals surface area contributed by atoms with Crippen molar-refractivity contribution in [2.45, 2.75) is 83.8 Å². The number of carboxylic acid groups (broad SMARTS) is 1. The quantitative estimate of drug-likeness (QED) is 0.340. The van der Waals surface area contributed by atoms with Crippen LogP contribution in [0.5, 0.6) is 0 Å². The first kappa shape index (κ1) is 28.0. The predicted molar refractivity (Wildman–Crippen MR) is 149 cm³/mol. The lowest BCUT2D eigenvalue weighted by atomic mass is 9.95. The summed E-state index contributed by atoms with van der Waals surface area (Å²) in [5.41, 5.74) is 4.13. The minimum Gasteiger partial charge on any atom is -0.465 e. The number of fused-ring (bicyclic) bond motifs is 1. The van der Waals surface area contributed by atoms with Gasteiger partial charge in [0.15, 0.2) is 14.1 Å². The summed E-state index contributed by atoms with van der Waals surface area (Å²) in [6.07, 6.45) is 1.87. The number of ketones is 1. The third kappa shape index (κ3) is 5.68. The zero-order valence-electron chi connectivity index (χ0n) is 23.1. The Kier molecular flexibility index (Phi) is 7.81. The zero-order valence-corrected chi connectivity index (χ0v) is 24.1. The first-order valence-corrected chi connectivity index (χ1v) is 16.1. The fraction of sp³-hybridized carbons (Fsp3) is 0.483. The Morgan fingerprint density at radius 3 is 2.61 bits per heavy atom. The van der Waals surface area contributed by atoms with Gasteiger partial charge in [-0.1, -0.05) is 39.0 Å². The lowest BCUT2D eigenvalue weighted by Crippen LogP contribution is -2.56. The second-order valence-corrected chi connectivity index (χ2v) is 16.6. The number of rotatable bonds is 7. The largest absolute Gasteiger partial charge is 0.465 e. The summed E-state index contributed by atoms with van der Waals surface area (Å²) >= 11 is 0. The number of aromatic nitrogens is 2. The van der Waals surface area contributed by atoms with Crippen molar-refractivity contribution in [2.75, 3.05) is 6.54 Å². The first-order chi connectivity index (χ1) is 17.8. The molecular formula is C29H38FN3O4Si. The molecule has 1 amide bonds. The summed E-state index contributed by atoms with van der Waals surface area (Å²) in [5, 5.41) is 9.87. The number of carbonyl (C=O) groups is 2. The highest BCUT2D eigenvalue weighted by molar-refractivity contribution is 6.74. The maximum Gasteiger partial charge on any atom is 0.407 e. The number of halogens is 1. The molecule has 0 spiro atoms. The SMILES string of the molecule is Cc1c(-c2cccc(F)c2)ccc2c1ncn2CC(=O)C[C@@H]1[C@@H](O[Si](C)(C)C(C)(C)C)CCCN1C(=O)O. The van der Waals surface area contributed by atoms with Gasteiger partial charge in [0.05, 0.1) is 36.1 Å². The number of likely N-dealkylation sites (tertiary alicyclic amines) is 1. The number of hydrogen-bond donors (Lipinski definition) is 1. The Hall–Kier alpha value is -3.04. The van der Waals surface area contributed by atoms with E-state index in [9.17, 15) is 19.1 Å². The first-order valence-electron chi connectivity index (χ1n) is 13.2. The highest BCUT2D eigenvalue weighted by Crippen LogP contribution is 2.39. The normalized spacial score (nSPS) is 18.7. The molecular weight excluding hydrogens is 501 g/mol. The molecule has 1 aromatic heterocycles. The lowest BCUT2D eigenvalue weighted by molar-refractivity contribution is -0.122. The van der Waals surface area contributed by atoms with Crippen molar-refractivity contribution in [3.05, 3.63) is 54.1 Å². The maximum atomic E-state index is 13.8. The molecule has 204 valence electrons. The van der Waals surface area contributed by atoms with E-state index in [1.807, 2.05) is 25.1 Å². The van der Waals surface area contributed by atoms with E-state index < -0.39 is 20.5 Å². The van der Waals surface area contributed by atoms with Gasteiger partial charge in [-0.15, -0.1) is 0 Å². The fourth-order valence-corrected chi connectivity index (χ4v) is 6.43. The summed E-state index contributed by atoms with van der Waals surface area (Å²) in [7, 11) is -2.16. The number of aryl methyl sites for hydroxylation is 1. The molecule has 1 aliphatic rings. The molecule has 0 bridgehead atoms. The van der Waals surface area contributed by atoms with Crippen LogP contribution in [0.25, 0.3) is 22.2 Å². The van der Waals surface area contributed by atoms with Gasteiger partial charge in [0.25, 0.3) is 0 Å². The number of imidazole rings is 1. The van der Waals surface area contributed by atoms with Crippen LogP contribution in [0.2, 0.25) is 18.1 Å². The molecule has 1 aliphatic heterocycles. The maximum absolute atomic E-state index is 13.8. The van der Waals surface area contributed by atoms with Crippen LogP contribution in [0.15, 0.2) is 42.7 Å². The predicted octanol–water partition coefficient (Wildman–Crippen LogP) is 6.64. The van der Waals surface area contributed by atoms with Gasteiger partial charge in [-0.2, -0.15) is 0 Å². The van der Waals surface area contributed by atoms with Crippen molar-refractivity contribution in [3.63, 3.8) is 0 Å². The topological polar surface area (TPSA) is 84.7 Å². The van der Waals surface area contributed by atoms with Crippen molar-refractivity contribution >= 4 is 31.2 Å². The summed E-state index contributed by atoms with van der Waals surface area (Å²) in [6, 6.07) is 9.76. The van der Waals surface area contributed by atoms with Gasteiger partial charge in [0, 0.05) is 13.0 Å². The van der Waals surface area contributed by atoms with Gasteiger partial charge < -0.3 is 19.0 Å². The van der Waals surface area contributed by atoms with Gasteiger partial charge >= 0.3 is 6.09 Å². The minimum absolute atomic E-state index is 0.0228. The van der Waals surface area contributed by atoms with Crippen molar-refractivity contribution in [1.82, 2.24) is 14.5 Å². The summed E-state index contributed by atoms with van der Waals surface area (Å²) < 4.78 is 22.2. The highest BCUT2D eigenvalue weighted by Gasteiger charge is 2.44. The molecule has 4 rings (SSSR count). The Balaban J connectivity index is 1.56. The van der Waals surface area contributed by atoms with Gasteiger partial charge in [0.2, 0.25) is 0 Å². The average Bonchev–Trinajstić information content (AvgIpc) is 3.22. The molecule has 3 aromatic rings. The number of piperidine rings is 1. The van der Waals surface area contributed by atoms with Crippen LogP contribution in [-0.4, -0.2) is 58.4 Å². The summed E-state index contributed by atoms with van der Waals surface area (Å²) in [4.78, 5) is 31.4. The highest BCUT2D eigenvalue weighted by atomic mass is 28.4. The zero-order chi connectivity index (χ0) is 27.8. The number of nitrogens with zero attached hydrogens (tertiary/aromatic N) is 3. The molecule has 0 radical (unpaired) electrons. The smallest absolute Gasteiger partial charge is 0.407 e. The molecule has 7 nitrogen and oxygen atoms in total.